The van der Waals surface area contributed by atoms with Crippen LogP contribution in [0, 0.1) is 5.92 Å². The normalized spacial score (nSPS) is 13.3. The summed E-state index contributed by atoms with van der Waals surface area (Å²) in [5, 5.41) is 5.91. The Bertz CT molecular complexity index is 740. The molecule has 0 aliphatic heterocycles. The van der Waals surface area contributed by atoms with Gasteiger partial charge in [-0.25, -0.2) is 0 Å². The maximum absolute atomic E-state index is 13.1. The van der Waals surface area contributed by atoms with Crippen molar-refractivity contribution in [3.05, 3.63) is 60.1 Å². The second-order valence-corrected chi connectivity index (χ2v) is 7.51. The molecule has 0 bridgehead atoms. The van der Waals surface area contributed by atoms with Crippen LogP contribution >= 0.6 is 0 Å². The largest absolute Gasteiger partial charge is 0.468 e. The number of nitrogens with one attached hydrogen (secondary N) is 2. The van der Waals surface area contributed by atoms with Crippen molar-refractivity contribution in [3.63, 3.8) is 0 Å². The van der Waals surface area contributed by atoms with Gasteiger partial charge in [0.25, 0.3) is 0 Å². The van der Waals surface area contributed by atoms with Crippen molar-refractivity contribution < 1.29 is 14.0 Å². The van der Waals surface area contributed by atoms with E-state index in [9.17, 15) is 9.59 Å². The number of hydrogen-bond acceptors (Lipinski definition) is 4. The SMILES string of the molecule is CCN(CC)C(CNC(=O)C(NC(=O)CC(C)C)c1ccccc1)c1ccco1. The molecule has 0 saturated heterocycles. The number of furan rings is 1. The first-order valence-electron chi connectivity index (χ1n) is 10.4. The molecule has 6 nitrogen and oxygen atoms in total. The minimum absolute atomic E-state index is 0.0632. The molecule has 1 aromatic carbocycles. The van der Waals surface area contributed by atoms with E-state index in [-0.39, 0.29) is 23.8 Å². The molecule has 158 valence electrons. The van der Waals surface area contributed by atoms with Gasteiger partial charge in [-0.05, 0) is 36.7 Å². The molecule has 6 heteroatoms. The van der Waals surface area contributed by atoms with E-state index in [1.165, 1.54) is 0 Å². The maximum Gasteiger partial charge on any atom is 0.247 e. The highest BCUT2D eigenvalue weighted by Gasteiger charge is 2.26. The molecule has 0 radical (unpaired) electrons. The summed E-state index contributed by atoms with van der Waals surface area (Å²) < 4.78 is 5.60. The molecule has 2 aromatic rings. The highest BCUT2D eigenvalue weighted by Crippen LogP contribution is 2.21. The smallest absolute Gasteiger partial charge is 0.247 e. The van der Waals surface area contributed by atoms with Gasteiger partial charge in [-0.15, -0.1) is 0 Å². The zero-order valence-electron chi connectivity index (χ0n) is 17.9. The lowest BCUT2D eigenvalue weighted by Gasteiger charge is -2.29. The molecular weight excluding hydrogens is 366 g/mol. The molecular formula is C23H33N3O3. The van der Waals surface area contributed by atoms with Crippen LogP contribution in [-0.2, 0) is 9.59 Å². The van der Waals surface area contributed by atoms with Crippen molar-refractivity contribution in [3.8, 4) is 0 Å². The first kappa shape index (κ1) is 22.7. The van der Waals surface area contributed by atoms with Gasteiger partial charge in [0.05, 0.1) is 12.3 Å². The highest BCUT2D eigenvalue weighted by molar-refractivity contribution is 5.88. The van der Waals surface area contributed by atoms with E-state index in [0.29, 0.717) is 13.0 Å². The van der Waals surface area contributed by atoms with Crippen molar-refractivity contribution in [2.75, 3.05) is 19.6 Å². The van der Waals surface area contributed by atoms with Crippen LogP contribution in [0.3, 0.4) is 0 Å². The van der Waals surface area contributed by atoms with E-state index < -0.39 is 6.04 Å². The van der Waals surface area contributed by atoms with Gasteiger partial charge in [-0.3, -0.25) is 14.5 Å². The fourth-order valence-electron chi connectivity index (χ4n) is 3.39. The van der Waals surface area contributed by atoms with Gasteiger partial charge in [-0.2, -0.15) is 0 Å². The summed E-state index contributed by atoms with van der Waals surface area (Å²) in [5.74, 6) is 0.682. The third kappa shape index (κ3) is 6.75. The molecule has 2 atom stereocenters. The van der Waals surface area contributed by atoms with Gasteiger partial charge in [-0.1, -0.05) is 58.0 Å². The van der Waals surface area contributed by atoms with Gasteiger partial charge < -0.3 is 15.1 Å². The van der Waals surface area contributed by atoms with Crippen LogP contribution in [0.2, 0.25) is 0 Å². The monoisotopic (exact) mass is 399 g/mol. The van der Waals surface area contributed by atoms with Gasteiger partial charge in [0.2, 0.25) is 11.8 Å². The number of rotatable bonds is 11. The quantitative estimate of drug-likeness (QED) is 0.604. The number of likely N-dealkylation sites (N-methyl/N-ethyl adjacent to an activating group) is 1. The lowest BCUT2D eigenvalue weighted by atomic mass is 10.0. The van der Waals surface area contributed by atoms with Crippen LogP contribution in [0.25, 0.3) is 0 Å². The molecule has 2 amide bonds. The Kier molecular flexibility index (Phi) is 8.93. The average molecular weight is 400 g/mol. The van der Waals surface area contributed by atoms with E-state index >= 15 is 0 Å². The van der Waals surface area contributed by atoms with Gasteiger partial charge in [0, 0.05) is 13.0 Å². The van der Waals surface area contributed by atoms with Crippen molar-refractivity contribution >= 4 is 11.8 Å². The van der Waals surface area contributed by atoms with E-state index in [0.717, 1.165) is 24.4 Å². The summed E-state index contributed by atoms with van der Waals surface area (Å²) in [6, 6.07) is 12.3. The number of carbonyl (C=O) groups excluding carboxylic acids is 2. The zero-order chi connectivity index (χ0) is 21.2. The Morgan fingerprint density at radius 2 is 1.72 bits per heavy atom. The molecule has 2 N–H and O–H groups in total. The molecule has 1 heterocycles. The van der Waals surface area contributed by atoms with Crippen molar-refractivity contribution in [2.45, 2.75) is 46.2 Å². The summed E-state index contributed by atoms with van der Waals surface area (Å²) in [7, 11) is 0. The number of carbonyl (C=O) groups is 2. The minimum atomic E-state index is -0.726. The van der Waals surface area contributed by atoms with Gasteiger partial charge in [0.15, 0.2) is 0 Å². The van der Waals surface area contributed by atoms with Crippen LogP contribution in [-0.4, -0.2) is 36.3 Å². The number of hydrogen-bond donors (Lipinski definition) is 2. The molecule has 0 aliphatic carbocycles. The van der Waals surface area contributed by atoms with Crippen LogP contribution in [0.1, 0.15) is 57.5 Å². The number of benzene rings is 1. The fourth-order valence-corrected chi connectivity index (χ4v) is 3.39. The molecule has 29 heavy (non-hydrogen) atoms. The minimum Gasteiger partial charge on any atom is -0.468 e. The van der Waals surface area contributed by atoms with E-state index in [1.54, 1.807) is 6.26 Å². The van der Waals surface area contributed by atoms with Crippen molar-refractivity contribution in [2.24, 2.45) is 5.92 Å². The lowest BCUT2D eigenvalue weighted by Crippen LogP contribution is -2.44. The van der Waals surface area contributed by atoms with Crippen LogP contribution in [0.4, 0.5) is 0 Å². The van der Waals surface area contributed by atoms with Crippen LogP contribution in [0.15, 0.2) is 53.1 Å². The molecule has 0 spiro atoms. The third-order valence-electron chi connectivity index (χ3n) is 4.89. The Morgan fingerprint density at radius 1 is 1.03 bits per heavy atom. The molecule has 0 aliphatic rings. The summed E-state index contributed by atoms with van der Waals surface area (Å²) in [6.07, 6.45) is 2.03. The third-order valence-corrected chi connectivity index (χ3v) is 4.89. The second kappa shape index (κ2) is 11.4. The second-order valence-electron chi connectivity index (χ2n) is 7.51. The Hall–Kier alpha value is -2.60. The van der Waals surface area contributed by atoms with Gasteiger partial charge in [0.1, 0.15) is 11.8 Å². The fraction of sp³-hybridized carbons (Fsp3) is 0.478. The van der Waals surface area contributed by atoms with Crippen LogP contribution < -0.4 is 10.6 Å². The van der Waals surface area contributed by atoms with E-state index in [2.05, 4.69) is 29.4 Å². The topological polar surface area (TPSA) is 74.6 Å². The predicted octanol–water partition coefficient (Wildman–Crippen LogP) is 3.68. The van der Waals surface area contributed by atoms with Gasteiger partial charge >= 0.3 is 0 Å². The number of amides is 2. The average Bonchev–Trinajstić information content (AvgIpc) is 3.23. The standard InChI is InChI=1S/C23H33N3O3/c1-5-26(6-2)19(20-13-10-14-29-20)16-24-23(28)22(18-11-8-7-9-12-18)25-21(27)15-17(3)4/h7-14,17,19,22H,5-6,15-16H2,1-4H3,(H,24,28)(H,25,27). The Labute approximate surface area is 173 Å². The first-order valence-corrected chi connectivity index (χ1v) is 10.4. The summed E-state index contributed by atoms with van der Waals surface area (Å²) in [4.78, 5) is 27.6. The molecule has 2 rings (SSSR count). The Balaban J connectivity index is 2.14. The van der Waals surface area contributed by atoms with Crippen LogP contribution in [0.5, 0.6) is 0 Å². The lowest BCUT2D eigenvalue weighted by molar-refractivity contribution is -0.129. The predicted molar refractivity (Wildman–Crippen MR) is 114 cm³/mol. The van der Waals surface area contributed by atoms with Crippen molar-refractivity contribution in [1.82, 2.24) is 15.5 Å². The summed E-state index contributed by atoms with van der Waals surface area (Å²) >= 11 is 0. The van der Waals surface area contributed by atoms with Crippen molar-refractivity contribution in [1.29, 1.82) is 0 Å². The Morgan fingerprint density at radius 3 is 2.28 bits per heavy atom. The molecule has 2 unspecified atom stereocenters. The summed E-state index contributed by atoms with van der Waals surface area (Å²) in [5.41, 5.74) is 0.763. The number of nitrogens with zero attached hydrogens (tertiary/aromatic N) is 1. The van der Waals surface area contributed by atoms with E-state index in [4.69, 9.17) is 4.42 Å². The zero-order valence-corrected chi connectivity index (χ0v) is 17.9. The molecule has 0 saturated carbocycles. The maximum atomic E-state index is 13.1. The summed E-state index contributed by atoms with van der Waals surface area (Å²) in [6.45, 7) is 10.2. The highest BCUT2D eigenvalue weighted by atomic mass is 16.3. The first-order chi connectivity index (χ1) is 14.0. The van der Waals surface area contributed by atoms with E-state index in [1.807, 2.05) is 56.3 Å². The molecule has 1 aromatic heterocycles. The molecule has 0 fully saturated rings.